The minimum absolute atomic E-state index is 0.111. The van der Waals surface area contributed by atoms with Crippen LogP contribution in [-0.4, -0.2) is 60.5 Å². The van der Waals surface area contributed by atoms with E-state index in [0.717, 1.165) is 29.7 Å². The molecule has 6 heteroatoms. The van der Waals surface area contributed by atoms with E-state index in [0.29, 0.717) is 18.0 Å². The maximum atomic E-state index is 12.5. The van der Waals surface area contributed by atoms with Gasteiger partial charge in [0.05, 0.1) is 0 Å². The molecule has 1 amide bonds. The van der Waals surface area contributed by atoms with E-state index in [4.69, 9.17) is 4.74 Å². The highest BCUT2D eigenvalue weighted by Gasteiger charge is 2.27. The number of carbonyl (C=O) groups excluding carboxylic acids is 2. The van der Waals surface area contributed by atoms with Crippen LogP contribution in [0.15, 0.2) is 30.3 Å². The Bertz CT molecular complexity index is 702. The molecule has 0 unspecified atom stereocenters. The number of likely N-dealkylation sites (N-methyl/N-ethyl adjacent to an activating group) is 1. The number of ether oxygens (including phenoxy) is 1. The molecule has 2 heterocycles. The van der Waals surface area contributed by atoms with Crippen LogP contribution in [0, 0.1) is 0 Å². The van der Waals surface area contributed by atoms with Gasteiger partial charge < -0.3 is 14.5 Å². The fraction of sp³-hybridized carbons (Fsp3) is 0.444. The molecule has 128 valence electrons. The molecule has 1 aliphatic heterocycles. The van der Waals surface area contributed by atoms with Crippen molar-refractivity contribution in [2.24, 2.45) is 0 Å². The third-order valence-electron chi connectivity index (χ3n) is 4.39. The third-order valence-corrected chi connectivity index (χ3v) is 5.49. The van der Waals surface area contributed by atoms with Crippen LogP contribution < -0.4 is 0 Å². The van der Waals surface area contributed by atoms with E-state index >= 15 is 0 Å². The number of hydrogen-bond donors (Lipinski definition) is 0. The topological polar surface area (TPSA) is 49.9 Å². The molecule has 0 N–H and O–H groups in total. The second-order valence-electron chi connectivity index (χ2n) is 5.96. The Morgan fingerprint density at radius 2 is 1.92 bits per heavy atom. The van der Waals surface area contributed by atoms with Crippen molar-refractivity contribution in [1.82, 2.24) is 9.80 Å². The van der Waals surface area contributed by atoms with Crippen LogP contribution in [0.25, 0.3) is 10.1 Å². The minimum atomic E-state index is -0.754. The third kappa shape index (κ3) is 3.60. The van der Waals surface area contributed by atoms with Crippen molar-refractivity contribution < 1.29 is 14.3 Å². The fourth-order valence-electron chi connectivity index (χ4n) is 2.89. The van der Waals surface area contributed by atoms with E-state index in [2.05, 4.69) is 11.8 Å². The molecule has 0 radical (unpaired) electrons. The van der Waals surface area contributed by atoms with Crippen molar-refractivity contribution >= 4 is 33.3 Å². The molecule has 0 spiro atoms. The van der Waals surface area contributed by atoms with Gasteiger partial charge in [0.25, 0.3) is 5.91 Å². The zero-order chi connectivity index (χ0) is 17.1. The van der Waals surface area contributed by atoms with Crippen molar-refractivity contribution in [2.45, 2.75) is 20.0 Å². The molecular formula is C18H22N2O3S. The number of carbonyl (C=O) groups is 2. The number of hydrogen-bond acceptors (Lipinski definition) is 5. The van der Waals surface area contributed by atoms with Crippen LogP contribution in [0.4, 0.5) is 0 Å². The van der Waals surface area contributed by atoms with Crippen LogP contribution in [0.2, 0.25) is 0 Å². The van der Waals surface area contributed by atoms with Crippen LogP contribution in [0.1, 0.15) is 23.5 Å². The average molecular weight is 346 g/mol. The summed E-state index contributed by atoms with van der Waals surface area (Å²) in [6.07, 6.45) is -0.754. The Hall–Kier alpha value is -1.92. The highest BCUT2D eigenvalue weighted by Crippen LogP contribution is 2.26. The first-order chi connectivity index (χ1) is 11.6. The smallest absolute Gasteiger partial charge is 0.349 e. The van der Waals surface area contributed by atoms with Gasteiger partial charge in [-0.15, -0.1) is 11.3 Å². The highest BCUT2D eigenvalue weighted by molar-refractivity contribution is 7.20. The second kappa shape index (κ2) is 7.32. The number of nitrogens with zero attached hydrogens (tertiary/aromatic N) is 2. The number of esters is 1. The maximum Gasteiger partial charge on any atom is 0.349 e. The summed E-state index contributed by atoms with van der Waals surface area (Å²) < 4.78 is 6.44. The minimum Gasteiger partial charge on any atom is -0.448 e. The predicted molar refractivity (Wildman–Crippen MR) is 95.4 cm³/mol. The van der Waals surface area contributed by atoms with Crippen LogP contribution in [0.3, 0.4) is 0 Å². The van der Waals surface area contributed by atoms with Gasteiger partial charge in [-0.2, -0.15) is 0 Å². The van der Waals surface area contributed by atoms with Gasteiger partial charge in [-0.25, -0.2) is 4.79 Å². The van der Waals surface area contributed by atoms with Crippen molar-refractivity contribution in [3.8, 4) is 0 Å². The molecule has 1 aromatic carbocycles. The molecule has 3 rings (SSSR count). The summed E-state index contributed by atoms with van der Waals surface area (Å²) in [5.41, 5.74) is 0. The summed E-state index contributed by atoms with van der Waals surface area (Å²) in [7, 11) is 0. The van der Waals surface area contributed by atoms with Crippen molar-refractivity contribution in [1.29, 1.82) is 0 Å². The lowest BCUT2D eigenvalue weighted by atomic mass is 10.2. The van der Waals surface area contributed by atoms with Crippen LogP contribution in [-0.2, 0) is 9.53 Å². The standard InChI is InChI=1S/C18H22N2O3S/c1-3-19-8-10-20(11-9-19)17(21)13(2)23-18(22)16-12-14-6-4-5-7-15(14)24-16/h4-7,12-13H,3,8-11H2,1-2H3/t13-/m0/s1. The molecule has 1 fully saturated rings. The number of rotatable bonds is 4. The molecule has 1 atom stereocenters. The van der Waals surface area contributed by atoms with Gasteiger partial charge in [-0.05, 0) is 31.0 Å². The first-order valence-electron chi connectivity index (χ1n) is 8.29. The molecule has 1 aliphatic rings. The molecule has 0 bridgehead atoms. The first-order valence-corrected chi connectivity index (χ1v) is 9.11. The molecule has 2 aromatic rings. The lowest BCUT2D eigenvalue weighted by Crippen LogP contribution is -2.51. The zero-order valence-electron chi connectivity index (χ0n) is 14.0. The van der Waals surface area contributed by atoms with E-state index in [-0.39, 0.29) is 5.91 Å². The van der Waals surface area contributed by atoms with E-state index < -0.39 is 12.1 Å². The van der Waals surface area contributed by atoms with Crippen LogP contribution >= 0.6 is 11.3 Å². The highest BCUT2D eigenvalue weighted by atomic mass is 32.1. The number of thiophene rings is 1. The van der Waals surface area contributed by atoms with Gasteiger partial charge in [-0.3, -0.25) is 4.79 Å². The van der Waals surface area contributed by atoms with E-state index in [1.54, 1.807) is 11.8 Å². The lowest BCUT2D eigenvalue weighted by molar-refractivity contribution is -0.141. The number of amides is 1. The summed E-state index contributed by atoms with van der Waals surface area (Å²) in [6.45, 7) is 7.90. The Labute approximate surface area is 145 Å². The quantitative estimate of drug-likeness (QED) is 0.799. The van der Waals surface area contributed by atoms with E-state index in [1.807, 2.05) is 30.3 Å². The van der Waals surface area contributed by atoms with Gasteiger partial charge in [0.1, 0.15) is 4.88 Å². The number of fused-ring (bicyclic) bond motifs is 1. The Balaban J connectivity index is 1.60. The first kappa shape index (κ1) is 16.9. The lowest BCUT2D eigenvalue weighted by Gasteiger charge is -2.35. The average Bonchev–Trinajstić information content (AvgIpc) is 3.05. The second-order valence-corrected chi connectivity index (χ2v) is 7.04. The normalized spacial score (nSPS) is 17.0. The molecule has 1 saturated heterocycles. The van der Waals surface area contributed by atoms with Crippen LogP contribution in [0.5, 0.6) is 0 Å². The molecule has 24 heavy (non-hydrogen) atoms. The SMILES string of the molecule is CCN1CCN(C(=O)[C@H](C)OC(=O)c2cc3ccccc3s2)CC1. The predicted octanol–water partition coefficient (Wildman–Crippen LogP) is 2.61. The van der Waals surface area contributed by atoms with Gasteiger partial charge >= 0.3 is 5.97 Å². The summed E-state index contributed by atoms with van der Waals surface area (Å²) >= 11 is 1.39. The molecule has 5 nitrogen and oxygen atoms in total. The van der Waals surface area contributed by atoms with Crippen molar-refractivity contribution in [2.75, 3.05) is 32.7 Å². The number of piperazine rings is 1. The Morgan fingerprint density at radius 1 is 1.21 bits per heavy atom. The van der Waals surface area contributed by atoms with E-state index in [9.17, 15) is 9.59 Å². The van der Waals surface area contributed by atoms with Crippen molar-refractivity contribution in [3.63, 3.8) is 0 Å². The summed E-state index contributed by atoms with van der Waals surface area (Å²) in [5.74, 6) is -0.538. The fourth-order valence-corrected chi connectivity index (χ4v) is 3.84. The summed E-state index contributed by atoms with van der Waals surface area (Å²) in [6, 6.07) is 9.63. The zero-order valence-corrected chi connectivity index (χ0v) is 14.8. The molecular weight excluding hydrogens is 324 g/mol. The summed E-state index contributed by atoms with van der Waals surface area (Å²) in [4.78, 5) is 29.4. The monoisotopic (exact) mass is 346 g/mol. The molecule has 1 aromatic heterocycles. The van der Waals surface area contributed by atoms with Gasteiger partial charge in [-0.1, -0.05) is 25.1 Å². The van der Waals surface area contributed by atoms with Gasteiger partial charge in [0, 0.05) is 30.9 Å². The van der Waals surface area contributed by atoms with Crippen molar-refractivity contribution in [3.05, 3.63) is 35.2 Å². The van der Waals surface area contributed by atoms with Gasteiger partial charge in [0.15, 0.2) is 6.10 Å². The number of benzene rings is 1. The largest absolute Gasteiger partial charge is 0.448 e. The maximum absolute atomic E-state index is 12.5. The Kier molecular flexibility index (Phi) is 5.16. The Morgan fingerprint density at radius 3 is 2.58 bits per heavy atom. The van der Waals surface area contributed by atoms with Gasteiger partial charge in [0.2, 0.25) is 0 Å². The molecule has 0 aliphatic carbocycles. The summed E-state index contributed by atoms with van der Waals surface area (Å²) in [5, 5.41) is 1.02. The molecule has 0 saturated carbocycles. The van der Waals surface area contributed by atoms with E-state index in [1.165, 1.54) is 11.3 Å².